The van der Waals surface area contributed by atoms with Gasteiger partial charge in [-0.2, -0.15) is 0 Å². The van der Waals surface area contributed by atoms with Crippen LogP contribution in [0.3, 0.4) is 0 Å². The number of hydrogen-bond donors (Lipinski definition) is 0. The highest BCUT2D eigenvalue weighted by molar-refractivity contribution is 7.25. The Morgan fingerprint density at radius 3 is 1.98 bits per heavy atom. The predicted molar refractivity (Wildman–Crippen MR) is 174 cm³/mol. The second-order valence-corrected chi connectivity index (χ2v) is 11.6. The van der Waals surface area contributed by atoms with E-state index in [1.165, 1.54) is 80.5 Å². The van der Waals surface area contributed by atoms with Crippen LogP contribution in [0.15, 0.2) is 140 Å². The lowest BCUT2D eigenvalue weighted by Crippen LogP contribution is -1.95. The van der Waals surface area contributed by atoms with Crippen molar-refractivity contribution in [2.24, 2.45) is 0 Å². The third-order valence-electron chi connectivity index (χ3n) is 8.35. The Hall–Kier alpha value is -4.92. The van der Waals surface area contributed by atoms with Gasteiger partial charge in [-0.15, -0.1) is 11.3 Å². The van der Waals surface area contributed by atoms with Gasteiger partial charge in [-0.1, -0.05) is 115 Å². The summed E-state index contributed by atoms with van der Waals surface area (Å²) in [7, 11) is 0. The first kappa shape index (κ1) is 22.0. The summed E-state index contributed by atoms with van der Waals surface area (Å²) in [5.74, 6) is 0. The molecule has 0 saturated heterocycles. The SMILES string of the molecule is c1ccc(-c2cc(-c3ccccc3)n3c4cc5c(cc4c4ccc6ccccc6c4c23)sc2ccccc25)cc1. The van der Waals surface area contributed by atoms with Gasteiger partial charge in [0.15, 0.2) is 0 Å². The van der Waals surface area contributed by atoms with Gasteiger partial charge in [-0.05, 0) is 51.6 Å². The summed E-state index contributed by atoms with van der Waals surface area (Å²) in [5.41, 5.74) is 7.44. The summed E-state index contributed by atoms with van der Waals surface area (Å²) < 4.78 is 5.20. The van der Waals surface area contributed by atoms with E-state index in [1.807, 2.05) is 11.3 Å². The van der Waals surface area contributed by atoms with Crippen molar-refractivity contribution in [3.05, 3.63) is 140 Å². The Balaban J connectivity index is 1.61. The molecule has 3 aromatic heterocycles. The molecular formula is C38H23NS. The van der Waals surface area contributed by atoms with Crippen LogP contribution in [0.2, 0.25) is 0 Å². The number of hydrogen-bond acceptors (Lipinski definition) is 1. The van der Waals surface area contributed by atoms with Gasteiger partial charge in [-0.3, -0.25) is 0 Å². The molecule has 0 bridgehead atoms. The first-order valence-electron chi connectivity index (χ1n) is 13.7. The van der Waals surface area contributed by atoms with Gasteiger partial charge in [0, 0.05) is 36.5 Å². The summed E-state index contributed by atoms with van der Waals surface area (Å²) in [6.07, 6.45) is 0. The van der Waals surface area contributed by atoms with Gasteiger partial charge >= 0.3 is 0 Å². The Kier molecular flexibility index (Phi) is 4.55. The molecule has 9 aromatic rings. The molecule has 6 aromatic carbocycles. The van der Waals surface area contributed by atoms with Crippen LogP contribution in [0, 0.1) is 0 Å². The maximum absolute atomic E-state index is 2.54. The van der Waals surface area contributed by atoms with Crippen molar-refractivity contribution in [2.75, 3.05) is 0 Å². The lowest BCUT2D eigenvalue weighted by atomic mass is 9.95. The van der Waals surface area contributed by atoms with E-state index >= 15 is 0 Å². The Bertz CT molecular complexity index is 2410. The molecule has 0 radical (unpaired) electrons. The van der Waals surface area contributed by atoms with Crippen molar-refractivity contribution in [1.82, 2.24) is 4.40 Å². The van der Waals surface area contributed by atoms with E-state index in [0.29, 0.717) is 0 Å². The summed E-state index contributed by atoms with van der Waals surface area (Å²) in [6.45, 7) is 0. The molecule has 0 atom stereocenters. The highest BCUT2D eigenvalue weighted by Gasteiger charge is 2.21. The van der Waals surface area contributed by atoms with E-state index in [2.05, 4.69) is 144 Å². The van der Waals surface area contributed by atoms with E-state index in [4.69, 9.17) is 0 Å². The fourth-order valence-electron chi connectivity index (χ4n) is 6.58. The van der Waals surface area contributed by atoms with E-state index in [-0.39, 0.29) is 0 Å². The smallest absolute Gasteiger partial charge is 0.0626 e. The molecule has 0 amide bonds. The predicted octanol–water partition coefficient (Wildman–Crippen LogP) is 11.1. The molecule has 0 aliphatic carbocycles. The second-order valence-electron chi connectivity index (χ2n) is 10.5. The Morgan fingerprint density at radius 2 is 1.15 bits per heavy atom. The van der Waals surface area contributed by atoms with Crippen molar-refractivity contribution in [3.63, 3.8) is 0 Å². The van der Waals surface area contributed by atoms with E-state index < -0.39 is 0 Å². The monoisotopic (exact) mass is 525 g/mol. The Labute approximate surface area is 235 Å². The third kappa shape index (κ3) is 3.03. The molecule has 0 fully saturated rings. The van der Waals surface area contributed by atoms with Crippen molar-refractivity contribution >= 4 is 69.5 Å². The molecule has 0 aliphatic heterocycles. The molecule has 40 heavy (non-hydrogen) atoms. The highest BCUT2D eigenvalue weighted by atomic mass is 32.1. The minimum absolute atomic E-state index is 1.22. The summed E-state index contributed by atoms with van der Waals surface area (Å²) >= 11 is 1.89. The fourth-order valence-corrected chi connectivity index (χ4v) is 7.71. The van der Waals surface area contributed by atoms with Crippen LogP contribution in [-0.2, 0) is 0 Å². The molecule has 1 nitrogen and oxygen atoms in total. The summed E-state index contributed by atoms with van der Waals surface area (Å²) in [6, 6.07) is 51.2. The average molecular weight is 526 g/mol. The molecular weight excluding hydrogens is 502 g/mol. The molecule has 2 heteroatoms. The van der Waals surface area contributed by atoms with Crippen LogP contribution in [-0.4, -0.2) is 4.40 Å². The largest absolute Gasteiger partial charge is 0.308 e. The number of rotatable bonds is 2. The zero-order valence-electron chi connectivity index (χ0n) is 21.6. The second kappa shape index (κ2) is 8.29. The van der Waals surface area contributed by atoms with Crippen LogP contribution in [0.4, 0.5) is 0 Å². The number of benzene rings is 6. The van der Waals surface area contributed by atoms with Gasteiger partial charge in [0.25, 0.3) is 0 Å². The maximum Gasteiger partial charge on any atom is 0.0626 e. The van der Waals surface area contributed by atoms with Crippen LogP contribution >= 0.6 is 11.3 Å². The molecule has 9 rings (SSSR count). The average Bonchev–Trinajstić information content (AvgIpc) is 3.60. The van der Waals surface area contributed by atoms with Gasteiger partial charge in [0.1, 0.15) is 0 Å². The molecule has 0 spiro atoms. The van der Waals surface area contributed by atoms with Gasteiger partial charge < -0.3 is 4.40 Å². The molecule has 0 saturated carbocycles. The van der Waals surface area contributed by atoms with Gasteiger partial charge in [0.05, 0.1) is 16.7 Å². The zero-order chi connectivity index (χ0) is 26.2. The fraction of sp³-hybridized carbons (Fsp3) is 0. The first-order valence-corrected chi connectivity index (χ1v) is 14.5. The van der Waals surface area contributed by atoms with Gasteiger partial charge in [0.2, 0.25) is 0 Å². The van der Waals surface area contributed by atoms with Gasteiger partial charge in [-0.25, -0.2) is 0 Å². The highest BCUT2D eigenvalue weighted by Crippen LogP contribution is 2.45. The minimum atomic E-state index is 1.22. The van der Waals surface area contributed by atoms with Crippen LogP contribution in [0.25, 0.3) is 80.5 Å². The summed E-state index contributed by atoms with van der Waals surface area (Å²) in [4.78, 5) is 0. The molecule has 0 N–H and O–H groups in total. The quantitative estimate of drug-likeness (QED) is 0.198. The van der Waals surface area contributed by atoms with Crippen LogP contribution < -0.4 is 0 Å². The summed E-state index contributed by atoms with van der Waals surface area (Å²) in [5, 5.41) is 9.11. The van der Waals surface area contributed by atoms with Crippen LogP contribution in [0.1, 0.15) is 0 Å². The first-order chi connectivity index (χ1) is 19.8. The van der Waals surface area contributed by atoms with E-state index in [1.54, 1.807) is 0 Å². The lowest BCUT2D eigenvalue weighted by Gasteiger charge is -2.15. The number of aromatic nitrogens is 1. The molecule has 0 unspecified atom stereocenters. The molecule has 186 valence electrons. The zero-order valence-corrected chi connectivity index (χ0v) is 22.5. The number of nitrogens with zero attached hydrogens (tertiary/aromatic N) is 1. The molecule has 3 heterocycles. The topological polar surface area (TPSA) is 4.41 Å². The van der Waals surface area contributed by atoms with Crippen molar-refractivity contribution in [2.45, 2.75) is 0 Å². The van der Waals surface area contributed by atoms with Crippen molar-refractivity contribution in [1.29, 1.82) is 0 Å². The Morgan fingerprint density at radius 1 is 0.450 bits per heavy atom. The van der Waals surface area contributed by atoms with Crippen LogP contribution in [0.5, 0.6) is 0 Å². The lowest BCUT2D eigenvalue weighted by molar-refractivity contribution is 1.29. The number of fused-ring (bicyclic) bond motifs is 11. The molecule has 0 aliphatic rings. The van der Waals surface area contributed by atoms with E-state index in [9.17, 15) is 0 Å². The normalized spacial score (nSPS) is 12.0. The van der Waals surface area contributed by atoms with E-state index in [0.717, 1.165) is 0 Å². The third-order valence-corrected chi connectivity index (χ3v) is 9.48. The number of thiophene rings is 1. The maximum atomic E-state index is 2.54. The minimum Gasteiger partial charge on any atom is -0.308 e. The standard InChI is InChI=1S/C38H23NS/c1-3-11-24(12-4-1)30-21-33(26-14-5-2-6-15-26)39-34-22-32-28-17-9-10-18-35(28)40-36(32)23-31(34)29-20-19-25-13-7-8-16-27(25)37(29)38(30)39/h1-23H. The van der Waals surface area contributed by atoms with Crippen molar-refractivity contribution in [3.8, 4) is 22.4 Å². The number of pyridine rings is 1. The van der Waals surface area contributed by atoms with Crippen molar-refractivity contribution < 1.29 is 0 Å².